The second-order valence-corrected chi connectivity index (χ2v) is 6.82. The van der Waals surface area contributed by atoms with E-state index in [1.807, 2.05) is 18.2 Å². The molecule has 8 heteroatoms. The lowest BCUT2D eigenvalue weighted by molar-refractivity contribution is 0.315. The van der Waals surface area contributed by atoms with Gasteiger partial charge in [-0.15, -0.1) is 0 Å². The van der Waals surface area contributed by atoms with Crippen LogP contribution in [0.15, 0.2) is 34.0 Å². The van der Waals surface area contributed by atoms with Crippen LogP contribution in [0.4, 0.5) is 5.82 Å². The first-order valence-electron chi connectivity index (χ1n) is 8.80. The van der Waals surface area contributed by atoms with Gasteiger partial charge in [-0.3, -0.25) is 5.10 Å². The number of hydrogen-bond donors (Lipinski definition) is 2. The summed E-state index contributed by atoms with van der Waals surface area (Å²) in [5.74, 6) is 0.420. The first kappa shape index (κ1) is 15.2. The zero-order valence-corrected chi connectivity index (χ0v) is 14.0. The summed E-state index contributed by atoms with van der Waals surface area (Å²) in [6.07, 6.45) is 3.89. The van der Waals surface area contributed by atoms with E-state index in [1.54, 1.807) is 6.20 Å². The van der Waals surface area contributed by atoms with E-state index < -0.39 is 0 Å². The monoisotopic (exact) mass is 347 g/mol. The fourth-order valence-corrected chi connectivity index (χ4v) is 4.17. The molecule has 5 rings (SSSR count). The molecule has 130 valence electrons. The SMILES string of the molecule is N#CC1C(C2CCCNC2)=Nc2[nH]ncc2C1c1cccc2nonc12. The van der Waals surface area contributed by atoms with Crippen molar-refractivity contribution in [3.8, 4) is 6.07 Å². The van der Waals surface area contributed by atoms with Crippen molar-refractivity contribution in [2.24, 2.45) is 16.8 Å². The number of hydrogen-bond acceptors (Lipinski definition) is 7. The van der Waals surface area contributed by atoms with Crippen molar-refractivity contribution >= 4 is 22.6 Å². The molecule has 3 aromatic rings. The van der Waals surface area contributed by atoms with Gasteiger partial charge in [0.15, 0.2) is 5.82 Å². The number of nitrogens with zero attached hydrogens (tertiary/aromatic N) is 5. The molecule has 0 amide bonds. The molecular formula is C18H17N7O. The van der Waals surface area contributed by atoms with E-state index in [9.17, 15) is 5.26 Å². The summed E-state index contributed by atoms with van der Waals surface area (Å²) in [6.45, 7) is 1.87. The van der Waals surface area contributed by atoms with Gasteiger partial charge in [0.25, 0.3) is 0 Å². The molecule has 1 fully saturated rings. The molecule has 1 saturated heterocycles. The summed E-state index contributed by atoms with van der Waals surface area (Å²) in [6, 6.07) is 8.27. The molecule has 2 aliphatic heterocycles. The Morgan fingerprint density at radius 2 is 2.19 bits per heavy atom. The maximum Gasteiger partial charge on any atom is 0.151 e. The summed E-state index contributed by atoms with van der Waals surface area (Å²) >= 11 is 0. The second kappa shape index (κ2) is 6.04. The number of nitriles is 1. The summed E-state index contributed by atoms with van der Waals surface area (Å²) in [5, 5.41) is 28.7. The molecule has 1 aromatic carbocycles. The van der Waals surface area contributed by atoms with Crippen molar-refractivity contribution in [3.05, 3.63) is 35.5 Å². The van der Waals surface area contributed by atoms with Gasteiger partial charge in [0.05, 0.1) is 18.2 Å². The molecule has 2 N–H and O–H groups in total. The number of piperidine rings is 1. The van der Waals surface area contributed by atoms with Crippen LogP contribution < -0.4 is 5.32 Å². The standard InChI is InChI=1S/C18H17N7O/c19-7-12-15(11-4-1-5-14-17(11)25-26-24-14)13-9-21-23-18(13)22-16(12)10-3-2-6-20-8-10/h1,4-5,9-10,12,15,20H,2-3,6,8H2,(H,21,23). The van der Waals surface area contributed by atoms with Crippen LogP contribution in [0.1, 0.15) is 29.9 Å². The lowest BCUT2D eigenvalue weighted by Crippen LogP contribution is -2.39. The highest BCUT2D eigenvalue weighted by Gasteiger charge is 2.40. The van der Waals surface area contributed by atoms with Crippen molar-refractivity contribution in [1.29, 1.82) is 5.26 Å². The number of nitrogens with one attached hydrogen (secondary N) is 2. The van der Waals surface area contributed by atoms with Gasteiger partial charge in [-0.25, -0.2) is 9.62 Å². The molecule has 0 radical (unpaired) electrons. The third-order valence-corrected chi connectivity index (χ3v) is 5.38. The quantitative estimate of drug-likeness (QED) is 0.735. The van der Waals surface area contributed by atoms with Crippen molar-refractivity contribution in [2.75, 3.05) is 13.1 Å². The van der Waals surface area contributed by atoms with E-state index in [0.29, 0.717) is 11.0 Å². The highest BCUT2D eigenvalue weighted by atomic mass is 16.6. The molecule has 0 saturated carbocycles. The highest BCUT2D eigenvalue weighted by molar-refractivity contribution is 5.97. The van der Waals surface area contributed by atoms with Gasteiger partial charge >= 0.3 is 0 Å². The van der Waals surface area contributed by atoms with Crippen LogP contribution in [0.2, 0.25) is 0 Å². The van der Waals surface area contributed by atoms with Crippen molar-refractivity contribution < 1.29 is 4.63 Å². The number of benzene rings is 1. The van der Waals surface area contributed by atoms with E-state index in [2.05, 4.69) is 31.9 Å². The molecule has 0 spiro atoms. The van der Waals surface area contributed by atoms with Crippen LogP contribution in [0.5, 0.6) is 0 Å². The minimum absolute atomic E-state index is 0.196. The van der Waals surface area contributed by atoms with E-state index >= 15 is 0 Å². The summed E-state index contributed by atoms with van der Waals surface area (Å²) < 4.78 is 4.93. The molecule has 3 unspecified atom stereocenters. The van der Waals surface area contributed by atoms with E-state index in [0.717, 1.165) is 48.6 Å². The average Bonchev–Trinajstić information content (AvgIpc) is 3.36. The Hall–Kier alpha value is -3.05. The molecule has 0 aliphatic carbocycles. The topological polar surface area (TPSA) is 116 Å². The fourth-order valence-electron chi connectivity index (χ4n) is 4.17. The van der Waals surface area contributed by atoms with Crippen LogP contribution in [0.3, 0.4) is 0 Å². The Kier molecular flexibility index (Phi) is 3.53. The molecular weight excluding hydrogens is 330 g/mol. The zero-order chi connectivity index (χ0) is 17.5. The van der Waals surface area contributed by atoms with Crippen molar-refractivity contribution in [1.82, 2.24) is 25.8 Å². The smallest absolute Gasteiger partial charge is 0.151 e. The molecule has 26 heavy (non-hydrogen) atoms. The molecule has 4 heterocycles. The van der Waals surface area contributed by atoms with Crippen LogP contribution in [0, 0.1) is 23.2 Å². The lowest BCUT2D eigenvalue weighted by Gasteiger charge is -2.33. The normalized spacial score (nSPS) is 25.5. The number of aromatic nitrogens is 4. The molecule has 8 nitrogen and oxygen atoms in total. The number of aromatic amines is 1. The first-order valence-corrected chi connectivity index (χ1v) is 8.80. The predicted octanol–water partition coefficient (Wildman–Crippen LogP) is 2.30. The number of rotatable bonds is 2. The average molecular weight is 347 g/mol. The second-order valence-electron chi connectivity index (χ2n) is 6.82. The Morgan fingerprint density at radius 1 is 1.23 bits per heavy atom. The Labute approximate surface area is 149 Å². The minimum Gasteiger partial charge on any atom is -0.316 e. The maximum absolute atomic E-state index is 10.1. The fraction of sp³-hybridized carbons (Fsp3) is 0.389. The van der Waals surface area contributed by atoms with Gasteiger partial charge in [-0.2, -0.15) is 10.4 Å². The molecule has 2 aliphatic rings. The van der Waals surface area contributed by atoms with Gasteiger partial charge in [0.1, 0.15) is 11.0 Å². The summed E-state index contributed by atoms with van der Waals surface area (Å²) in [4.78, 5) is 4.80. The Bertz CT molecular complexity index is 1020. The van der Waals surface area contributed by atoms with E-state index in [4.69, 9.17) is 9.62 Å². The van der Waals surface area contributed by atoms with Gasteiger partial charge in [-0.05, 0) is 41.3 Å². The largest absolute Gasteiger partial charge is 0.316 e. The maximum atomic E-state index is 10.1. The molecule has 0 bridgehead atoms. The van der Waals surface area contributed by atoms with Crippen molar-refractivity contribution in [2.45, 2.75) is 18.8 Å². The van der Waals surface area contributed by atoms with Gasteiger partial charge in [0, 0.05) is 29.7 Å². The summed E-state index contributed by atoms with van der Waals surface area (Å²) in [5.41, 5.74) is 4.14. The van der Waals surface area contributed by atoms with Crippen LogP contribution in [-0.4, -0.2) is 39.3 Å². The molecule has 3 atom stereocenters. The Morgan fingerprint density at radius 3 is 3.04 bits per heavy atom. The predicted molar refractivity (Wildman–Crippen MR) is 94.0 cm³/mol. The van der Waals surface area contributed by atoms with Gasteiger partial charge in [0.2, 0.25) is 0 Å². The zero-order valence-electron chi connectivity index (χ0n) is 14.0. The van der Waals surface area contributed by atoms with Crippen LogP contribution in [-0.2, 0) is 0 Å². The van der Waals surface area contributed by atoms with Crippen molar-refractivity contribution in [3.63, 3.8) is 0 Å². The van der Waals surface area contributed by atoms with Crippen LogP contribution >= 0.6 is 0 Å². The molecule has 2 aromatic heterocycles. The minimum atomic E-state index is -0.368. The van der Waals surface area contributed by atoms with Gasteiger partial charge in [-0.1, -0.05) is 12.1 Å². The van der Waals surface area contributed by atoms with E-state index in [-0.39, 0.29) is 17.8 Å². The number of fused-ring (bicyclic) bond motifs is 2. The third kappa shape index (κ3) is 2.24. The van der Waals surface area contributed by atoms with E-state index in [1.165, 1.54) is 0 Å². The highest BCUT2D eigenvalue weighted by Crippen LogP contribution is 2.44. The lowest BCUT2D eigenvalue weighted by atomic mass is 9.73. The number of H-pyrrole nitrogens is 1. The summed E-state index contributed by atoms with van der Waals surface area (Å²) in [7, 11) is 0. The van der Waals surface area contributed by atoms with Crippen LogP contribution in [0.25, 0.3) is 11.0 Å². The Balaban J connectivity index is 1.68. The van der Waals surface area contributed by atoms with Gasteiger partial charge < -0.3 is 5.32 Å². The first-order chi connectivity index (χ1) is 12.9. The number of aliphatic imine (C=N–C) groups is 1. The third-order valence-electron chi connectivity index (χ3n) is 5.38.